The Kier molecular flexibility index (Phi) is 9.37. The molecule has 0 bridgehead atoms. The van der Waals surface area contributed by atoms with Gasteiger partial charge >= 0.3 is 10.3 Å². The van der Waals surface area contributed by atoms with E-state index in [2.05, 4.69) is 9.32 Å². The van der Waals surface area contributed by atoms with Gasteiger partial charge in [-0.2, -0.15) is 8.42 Å². The van der Waals surface area contributed by atoms with Crippen LogP contribution in [0.3, 0.4) is 0 Å². The van der Waals surface area contributed by atoms with Crippen molar-refractivity contribution in [1.29, 1.82) is 0 Å². The molecule has 0 unspecified atom stereocenters. The van der Waals surface area contributed by atoms with Gasteiger partial charge in [-0.3, -0.25) is 4.18 Å². The Morgan fingerprint density at radius 2 is 1.72 bits per heavy atom. The highest BCUT2D eigenvalue weighted by Gasteiger charge is 2.04. The molecule has 0 spiro atoms. The normalized spacial score (nSPS) is 11.1. The van der Waals surface area contributed by atoms with Crippen LogP contribution in [0.5, 0.6) is 0 Å². The fourth-order valence-corrected chi connectivity index (χ4v) is 2.64. The van der Waals surface area contributed by atoms with E-state index >= 15 is 0 Å². The van der Waals surface area contributed by atoms with Gasteiger partial charge in [0.1, 0.15) is 0 Å². The maximum Gasteiger partial charge on any atom is 0.333 e. The third-order valence-electron chi connectivity index (χ3n) is 2.95. The summed E-state index contributed by atoms with van der Waals surface area (Å²) in [6.45, 7) is 0.0395. The minimum Gasteiger partial charge on any atom is -0.364 e. The van der Waals surface area contributed by atoms with Gasteiger partial charge in [0.15, 0.2) is 6.29 Å². The Labute approximate surface area is 157 Å². The minimum absolute atomic E-state index is 0.0395. The largest absolute Gasteiger partial charge is 0.364 e. The molecular weight excluding hydrogens is 389 g/mol. The van der Waals surface area contributed by atoms with E-state index in [9.17, 15) is 8.42 Å². The second-order valence-electron chi connectivity index (χ2n) is 4.94. The lowest BCUT2D eigenvalue weighted by molar-refractivity contribution is -0.0424. The lowest BCUT2D eigenvalue weighted by Crippen LogP contribution is -2.16. The zero-order chi connectivity index (χ0) is 18.9. The monoisotopic (exact) mass is 407 g/mol. The lowest BCUT2D eigenvalue weighted by atomic mass is 10.1. The van der Waals surface area contributed by atoms with Gasteiger partial charge in [-0.15, -0.1) is 0 Å². The van der Waals surface area contributed by atoms with Gasteiger partial charge in [-0.25, -0.2) is 5.14 Å². The molecule has 25 heavy (non-hydrogen) atoms. The number of aliphatic hydroxyl groups is 2. The molecule has 2 aromatic rings. The van der Waals surface area contributed by atoms with Crippen LogP contribution in [0.2, 0.25) is 10.0 Å². The number of rotatable bonds is 6. The molecule has 0 atom stereocenters. The highest BCUT2D eigenvalue weighted by Crippen LogP contribution is 2.22. The Bertz CT molecular complexity index is 754. The van der Waals surface area contributed by atoms with Crippen LogP contribution in [-0.2, 0) is 20.9 Å². The average Bonchev–Trinajstić information content (AvgIpc) is 2.53. The second-order valence-corrected chi connectivity index (χ2v) is 7.00. The van der Waals surface area contributed by atoms with Gasteiger partial charge in [0.05, 0.1) is 6.61 Å². The quantitative estimate of drug-likeness (QED) is 0.503. The molecule has 0 heterocycles. The van der Waals surface area contributed by atoms with Crippen molar-refractivity contribution in [2.75, 3.05) is 6.61 Å². The Hall–Kier alpha value is -1.19. The first kappa shape index (κ1) is 21.9. The summed E-state index contributed by atoms with van der Waals surface area (Å²) >= 11 is 11.7. The molecule has 0 aromatic heterocycles. The van der Waals surface area contributed by atoms with Crippen LogP contribution in [0.25, 0.3) is 0 Å². The van der Waals surface area contributed by atoms with E-state index in [-0.39, 0.29) is 6.61 Å². The van der Waals surface area contributed by atoms with Crippen LogP contribution < -0.4 is 5.14 Å². The van der Waals surface area contributed by atoms with Gasteiger partial charge in [-0.05, 0) is 30.5 Å². The highest BCUT2D eigenvalue weighted by atomic mass is 35.5. The molecular formula is C16H19Cl2NO5S. The molecule has 4 N–H and O–H groups in total. The molecule has 2 aromatic carbocycles. The molecule has 0 saturated carbocycles. The van der Waals surface area contributed by atoms with Crippen LogP contribution in [0.4, 0.5) is 0 Å². The van der Waals surface area contributed by atoms with Gasteiger partial charge < -0.3 is 10.2 Å². The van der Waals surface area contributed by atoms with E-state index in [0.717, 1.165) is 5.56 Å². The van der Waals surface area contributed by atoms with Gasteiger partial charge in [0.25, 0.3) is 0 Å². The second kappa shape index (κ2) is 10.7. The standard InChI is InChI=1S/C9H11Cl2NO3S.C7H8O2/c10-8-4-3-7(9(11)6-8)2-1-5-15-16(12,13)14;8-7(9)6-4-2-1-3-5-6/h3-4,6H,1-2,5H2,(H2,12,13,14);1-5,7-9H. The van der Waals surface area contributed by atoms with Crippen molar-refractivity contribution >= 4 is 33.5 Å². The molecule has 2 rings (SSSR count). The molecule has 0 radical (unpaired) electrons. The average molecular weight is 408 g/mol. The van der Waals surface area contributed by atoms with Crippen LogP contribution in [-0.4, -0.2) is 25.2 Å². The van der Waals surface area contributed by atoms with Gasteiger partial charge in [0.2, 0.25) is 0 Å². The molecule has 0 amide bonds. The summed E-state index contributed by atoms with van der Waals surface area (Å²) < 4.78 is 25.3. The van der Waals surface area contributed by atoms with E-state index in [4.69, 9.17) is 33.4 Å². The number of hydrogen-bond donors (Lipinski definition) is 3. The zero-order valence-corrected chi connectivity index (χ0v) is 15.5. The number of aryl methyl sites for hydroxylation is 1. The molecule has 0 aliphatic carbocycles. The van der Waals surface area contributed by atoms with E-state index in [1.807, 2.05) is 6.07 Å². The molecule has 0 aliphatic heterocycles. The van der Waals surface area contributed by atoms with Crippen molar-refractivity contribution in [3.8, 4) is 0 Å². The summed E-state index contributed by atoms with van der Waals surface area (Å²) in [7, 11) is -3.85. The number of aliphatic hydroxyl groups excluding tert-OH is 1. The minimum atomic E-state index is -3.85. The zero-order valence-electron chi connectivity index (χ0n) is 13.2. The summed E-state index contributed by atoms with van der Waals surface area (Å²) in [5.74, 6) is 0. The van der Waals surface area contributed by atoms with Crippen LogP contribution >= 0.6 is 23.2 Å². The van der Waals surface area contributed by atoms with E-state index in [1.54, 1.807) is 42.5 Å². The number of nitrogens with two attached hydrogens (primary N) is 1. The summed E-state index contributed by atoms with van der Waals surface area (Å²) in [5, 5.41) is 23.0. The van der Waals surface area contributed by atoms with E-state index in [1.165, 1.54) is 0 Å². The Morgan fingerprint density at radius 1 is 1.08 bits per heavy atom. The lowest BCUT2D eigenvalue weighted by Gasteiger charge is -2.04. The molecule has 0 saturated heterocycles. The summed E-state index contributed by atoms with van der Waals surface area (Å²) in [5.41, 5.74) is 1.42. The molecule has 9 heteroatoms. The number of benzene rings is 2. The molecule has 6 nitrogen and oxygen atoms in total. The van der Waals surface area contributed by atoms with Crippen molar-refractivity contribution in [1.82, 2.24) is 0 Å². The van der Waals surface area contributed by atoms with Crippen molar-refractivity contribution in [3.05, 3.63) is 69.7 Å². The Balaban J connectivity index is 0.000000293. The van der Waals surface area contributed by atoms with Crippen molar-refractivity contribution < 1.29 is 22.8 Å². The third-order valence-corrected chi connectivity index (χ3v) is 4.03. The fourth-order valence-electron chi connectivity index (χ4n) is 1.79. The Morgan fingerprint density at radius 3 is 2.20 bits per heavy atom. The van der Waals surface area contributed by atoms with Crippen molar-refractivity contribution in [2.45, 2.75) is 19.1 Å². The maximum absolute atomic E-state index is 10.5. The first-order chi connectivity index (χ1) is 11.7. The maximum atomic E-state index is 10.5. The number of halogens is 2. The fraction of sp³-hybridized carbons (Fsp3) is 0.250. The van der Waals surface area contributed by atoms with Crippen LogP contribution in [0.1, 0.15) is 23.8 Å². The first-order valence-corrected chi connectivity index (χ1v) is 9.44. The number of hydrogen-bond acceptors (Lipinski definition) is 5. The summed E-state index contributed by atoms with van der Waals surface area (Å²) in [6.07, 6.45) is -0.227. The van der Waals surface area contributed by atoms with Gasteiger partial charge in [0, 0.05) is 15.6 Å². The SMILES string of the molecule is NS(=O)(=O)OCCCc1ccc(Cl)cc1Cl.OC(O)c1ccccc1. The third kappa shape index (κ3) is 9.76. The molecule has 138 valence electrons. The summed E-state index contributed by atoms with van der Waals surface area (Å²) in [6, 6.07) is 13.8. The van der Waals surface area contributed by atoms with Crippen molar-refractivity contribution in [2.24, 2.45) is 5.14 Å². The topological polar surface area (TPSA) is 110 Å². The van der Waals surface area contributed by atoms with Crippen LogP contribution in [0, 0.1) is 0 Å². The molecule has 0 aliphatic rings. The van der Waals surface area contributed by atoms with Gasteiger partial charge in [-0.1, -0.05) is 59.6 Å². The van der Waals surface area contributed by atoms with Crippen LogP contribution in [0.15, 0.2) is 48.5 Å². The van der Waals surface area contributed by atoms with E-state index in [0.29, 0.717) is 28.5 Å². The first-order valence-electron chi connectivity index (χ1n) is 7.21. The predicted octanol–water partition coefficient (Wildman–Crippen LogP) is 2.82. The molecule has 0 fully saturated rings. The van der Waals surface area contributed by atoms with E-state index < -0.39 is 16.6 Å². The van der Waals surface area contributed by atoms with Crippen molar-refractivity contribution in [3.63, 3.8) is 0 Å². The highest BCUT2D eigenvalue weighted by molar-refractivity contribution is 7.84. The predicted molar refractivity (Wildman–Crippen MR) is 97.5 cm³/mol. The smallest absolute Gasteiger partial charge is 0.333 e. The summed E-state index contributed by atoms with van der Waals surface area (Å²) in [4.78, 5) is 0.